The first kappa shape index (κ1) is 19.7. The van der Waals surface area contributed by atoms with Gasteiger partial charge in [0.05, 0.1) is 22.8 Å². The number of carbonyl (C=O) groups is 2. The fourth-order valence-electron chi connectivity index (χ4n) is 3.27. The van der Waals surface area contributed by atoms with E-state index >= 15 is 0 Å². The summed E-state index contributed by atoms with van der Waals surface area (Å²) in [5, 5.41) is 5.93. The number of hydrogen-bond acceptors (Lipinski definition) is 5. The Balaban J connectivity index is 1.61. The third-order valence-electron chi connectivity index (χ3n) is 4.72. The minimum atomic E-state index is -0.312. The maximum atomic E-state index is 12.9. The highest BCUT2D eigenvalue weighted by molar-refractivity contribution is 6.33. The molecule has 0 fully saturated rings. The molecule has 0 aliphatic carbocycles. The van der Waals surface area contributed by atoms with Gasteiger partial charge in [-0.2, -0.15) is 0 Å². The topological polar surface area (TPSA) is 83.6 Å². The number of amides is 2. The molecular weight excluding hydrogens is 404 g/mol. The van der Waals surface area contributed by atoms with Crippen LogP contribution in [0.2, 0.25) is 5.02 Å². The second-order valence-corrected chi connectivity index (χ2v) is 6.98. The third kappa shape index (κ3) is 3.79. The van der Waals surface area contributed by atoms with Gasteiger partial charge in [0, 0.05) is 24.5 Å². The normalized spacial score (nSPS) is 12.5. The Bertz CT molecular complexity index is 1100. The third-order valence-corrected chi connectivity index (χ3v) is 5.01. The van der Waals surface area contributed by atoms with Gasteiger partial charge < -0.3 is 20.3 Å². The number of nitrogens with zero attached hydrogens (tertiary/aromatic N) is 2. The highest BCUT2D eigenvalue weighted by Crippen LogP contribution is 2.40. The molecular formula is C22H19ClN4O3. The Labute approximate surface area is 178 Å². The molecule has 0 unspecified atom stereocenters. The van der Waals surface area contributed by atoms with E-state index in [1.807, 2.05) is 11.0 Å². The van der Waals surface area contributed by atoms with Crippen LogP contribution in [0.5, 0.6) is 5.75 Å². The lowest BCUT2D eigenvalue weighted by atomic mass is 10.1. The van der Waals surface area contributed by atoms with Gasteiger partial charge in [0.2, 0.25) is 0 Å². The minimum Gasteiger partial charge on any atom is -0.489 e. The fraction of sp³-hybridized carbons (Fsp3) is 0.136. The van der Waals surface area contributed by atoms with Crippen LogP contribution in [0.1, 0.15) is 20.7 Å². The average molecular weight is 423 g/mol. The zero-order valence-corrected chi connectivity index (χ0v) is 16.9. The van der Waals surface area contributed by atoms with Crippen molar-refractivity contribution in [1.82, 2.24) is 10.3 Å². The van der Waals surface area contributed by atoms with E-state index in [4.69, 9.17) is 16.3 Å². The highest BCUT2D eigenvalue weighted by atomic mass is 35.5. The van der Waals surface area contributed by atoms with Crippen molar-refractivity contribution >= 4 is 40.6 Å². The van der Waals surface area contributed by atoms with Crippen molar-refractivity contribution in [3.05, 3.63) is 76.9 Å². The van der Waals surface area contributed by atoms with Crippen LogP contribution in [0.4, 0.5) is 17.2 Å². The Morgan fingerprint density at radius 3 is 2.60 bits per heavy atom. The summed E-state index contributed by atoms with van der Waals surface area (Å²) in [6.45, 7) is 0.959. The number of halogens is 1. The van der Waals surface area contributed by atoms with E-state index in [1.165, 1.54) is 0 Å². The lowest BCUT2D eigenvalue weighted by Gasteiger charge is -2.31. The lowest BCUT2D eigenvalue weighted by Crippen LogP contribution is -2.30. The van der Waals surface area contributed by atoms with E-state index in [1.54, 1.807) is 61.8 Å². The molecule has 152 valence electrons. The van der Waals surface area contributed by atoms with Gasteiger partial charge in [-0.3, -0.25) is 9.59 Å². The number of carbonyl (C=O) groups excluding carboxylic acids is 2. The van der Waals surface area contributed by atoms with Crippen molar-refractivity contribution < 1.29 is 14.3 Å². The largest absolute Gasteiger partial charge is 0.489 e. The molecule has 0 radical (unpaired) electrons. The molecule has 0 atom stereocenters. The summed E-state index contributed by atoms with van der Waals surface area (Å²) in [5.41, 5.74) is 2.22. The van der Waals surface area contributed by atoms with Crippen molar-refractivity contribution in [3.63, 3.8) is 0 Å². The van der Waals surface area contributed by atoms with Gasteiger partial charge in [0.1, 0.15) is 6.61 Å². The van der Waals surface area contributed by atoms with Gasteiger partial charge in [-0.1, -0.05) is 17.7 Å². The first-order valence-corrected chi connectivity index (χ1v) is 9.73. The van der Waals surface area contributed by atoms with E-state index in [0.29, 0.717) is 46.6 Å². The zero-order valence-electron chi connectivity index (χ0n) is 16.2. The Kier molecular flexibility index (Phi) is 5.54. The Morgan fingerprint density at radius 1 is 1.07 bits per heavy atom. The number of rotatable bonds is 4. The summed E-state index contributed by atoms with van der Waals surface area (Å²) in [6, 6.07) is 15.6. The van der Waals surface area contributed by atoms with Crippen LogP contribution in [0, 0.1) is 0 Å². The SMILES string of the molecule is CNC(=O)c1ccc(NC(=O)c2cccc3c2OCCN3c2ncccc2Cl)cc1. The van der Waals surface area contributed by atoms with Crippen LogP contribution < -0.4 is 20.3 Å². The quantitative estimate of drug-likeness (QED) is 0.666. The molecule has 30 heavy (non-hydrogen) atoms. The second kappa shape index (κ2) is 8.42. The molecule has 3 aromatic rings. The molecule has 0 saturated heterocycles. The van der Waals surface area contributed by atoms with Crippen molar-refractivity contribution in [1.29, 1.82) is 0 Å². The second-order valence-electron chi connectivity index (χ2n) is 6.57. The number of aromatic nitrogens is 1. The molecule has 1 aliphatic rings. The summed E-state index contributed by atoms with van der Waals surface area (Å²) in [6.07, 6.45) is 1.68. The summed E-state index contributed by atoms with van der Waals surface area (Å²) in [5.74, 6) is 0.594. The molecule has 7 nitrogen and oxygen atoms in total. The van der Waals surface area contributed by atoms with Crippen molar-refractivity contribution in [2.24, 2.45) is 0 Å². The van der Waals surface area contributed by atoms with Crippen molar-refractivity contribution in [3.8, 4) is 5.75 Å². The first-order chi connectivity index (χ1) is 14.6. The number of anilines is 3. The number of nitrogens with one attached hydrogen (secondary N) is 2. The van der Waals surface area contributed by atoms with Gasteiger partial charge in [-0.25, -0.2) is 4.98 Å². The highest BCUT2D eigenvalue weighted by Gasteiger charge is 2.26. The average Bonchev–Trinajstić information content (AvgIpc) is 2.78. The molecule has 2 heterocycles. The van der Waals surface area contributed by atoms with E-state index < -0.39 is 0 Å². The van der Waals surface area contributed by atoms with Crippen LogP contribution in [0.15, 0.2) is 60.8 Å². The van der Waals surface area contributed by atoms with Crippen LogP contribution in [-0.2, 0) is 0 Å². The minimum absolute atomic E-state index is 0.188. The molecule has 2 N–H and O–H groups in total. The van der Waals surface area contributed by atoms with Crippen LogP contribution in [0.3, 0.4) is 0 Å². The van der Waals surface area contributed by atoms with Gasteiger partial charge >= 0.3 is 0 Å². The van der Waals surface area contributed by atoms with E-state index in [2.05, 4.69) is 15.6 Å². The fourth-order valence-corrected chi connectivity index (χ4v) is 3.49. The first-order valence-electron chi connectivity index (χ1n) is 9.36. The lowest BCUT2D eigenvalue weighted by molar-refractivity contribution is 0.0962. The number of hydrogen-bond donors (Lipinski definition) is 2. The smallest absolute Gasteiger partial charge is 0.259 e. The predicted molar refractivity (Wildman–Crippen MR) is 116 cm³/mol. The van der Waals surface area contributed by atoms with Gasteiger partial charge in [-0.05, 0) is 48.5 Å². The predicted octanol–water partition coefficient (Wildman–Crippen LogP) is 3.88. The molecule has 0 saturated carbocycles. The number of fused-ring (bicyclic) bond motifs is 1. The standard InChI is InChI=1S/C22H19ClN4O3/c1-24-21(28)14-7-9-15(10-8-14)26-22(29)16-4-2-6-18-19(16)30-13-12-27(18)20-17(23)5-3-11-25-20/h2-11H,12-13H2,1H3,(H,24,28)(H,26,29). The number of ether oxygens (including phenoxy) is 1. The molecule has 1 aliphatic heterocycles. The summed E-state index contributed by atoms with van der Waals surface area (Å²) in [4.78, 5) is 30.9. The number of benzene rings is 2. The van der Waals surface area contributed by atoms with Gasteiger partial charge in [-0.15, -0.1) is 0 Å². The van der Waals surface area contributed by atoms with Gasteiger partial charge in [0.15, 0.2) is 11.6 Å². The maximum absolute atomic E-state index is 12.9. The maximum Gasteiger partial charge on any atom is 0.259 e. The van der Waals surface area contributed by atoms with E-state index in [9.17, 15) is 9.59 Å². The molecule has 2 amide bonds. The Hall–Kier alpha value is -3.58. The number of pyridine rings is 1. The van der Waals surface area contributed by atoms with Crippen molar-refractivity contribution in [2.75, 3.05) is 30.4 Å². The number of para-hydroxylation sites is 1. The molecule has 4 rings (SSSR count). The molecule has 0 bridgehead atoms. The van der Waals surface area contributed by atoms with Crippen molar-refractivity contribution in [2.45, 2.75) is 0 Å². The van der Waals surface area contributed by atoms with Crippen LogP contribution in [-0.4, -0.2) is 37.0 Å². The van der Waals surface area contributed by atoms with Crippen LogP contribution in [0.25, 0.3) is 0 Å². The van der Waals surface area contributed by atoms with Crippen LogP contribution >= 0.6 is 11.6 Å². The Morgan fingerprint density at radius 2 is 1.87 bits per heavy atom. The molecule has 2 aromatic carbocycles. The summed E-state index contributed by atoms with van der Waals surface area (Å²) < 4.78 is 5.84. The van der Waals surface area contributed by atoms with E-state index in [0.717, 1.165) is 5.69 Å². The zero-order chi connectivity index (χ0) is 21.1. The molecule has 0 spiro atoms. The summed E-state index contributed by atoms with van der Waals surface area (Å²) in [7, 11) is 1.57. The molecule has 8 heteroatoms. The summed E-state index contributed by atoms with van der Waals surface area (Å²) >= 11 is 6.33. The monoisotopic (exact) mass is 422 g/mol. The van der Waals surface area contributed by atoms with Gasteiger partial charge in [0.25, 0.3) is 11.8 Å². The molecule has 1 aromatic heterocycles. The van der Waals surface area contributed by atoms with E-state index in [-0.39, 0.29) is 11.8 Å².